The quantitative estimate of drug-likeness (QED) is 0.668. The van der Waals surface area contributed by atoms with E-state index in [4.69, 9.17) is 4.74 Å². The highest BCUT2D eigenvalue weighted by Gasteiger charge is 2.15. The van der Waals surface area contributed by atoms with E-state index in [9.17, 15) is 9.59 Å². The molecular weight excluding hydrogens is 320 g/mol. The lowest BCUT2D eigenvalue weighted by Gasteiger charge is -2.18. The Balaban J connectivity index is 2.65. The van der Waals surface area contributed by atoms with Crippen LogP contribution in [0.1, 0.15) is 43.9 Å². The van der Waals surface area contributed by atoms with Gasteiger partial charge in [-0.15, -0.1) is 0 Å². The maximum atomic E-state index is 12.1. The van der Waals surface area contributed by atoms with E-state index < -0.39 is 5.97 Å². The van der Waals surface area contributed by atoms with E-state index >= 15 is 0 Å². The number of carbonyl (C=O) groups excluding carboxylic acids is 2. The van der Waals surface area contributed by atoms with E-state index in [0.29, 0.717) is 12.3 Å². The van der Waals surface area contributed by atoms with Gasteiger partial charge in [0.1, 0.15) is 5.75 Å². The summed E-state index contributed by atoms with van der Waals surface area (Å²) in [5.41, 5.74) is 2.94. The molecule has 0 heterocycles. The summed E-state index contributed by atoms with van der Waals surface area (Å²) in [7, 11) is 1.33. The molecular formula is C19H30N2O4. The van der Waals surface area contributed by atoms with Crippen molar-refractivity contribution in [3.63, 3.8) is 0 Å². The Hall–Kier alpha value is -2.08. The number of aryl methyl sites for hydroxylation is 2. The molecule has 0 saturated carbocycles. The summed E-state index contributed by atoms with van der Waals surface area (Å²) in [6.45, 7) is 10.2. The van der Waals surface area contributed by atoms with E-state index in [-0.39, 0.29) is 24.6 Å². The number of benzene rings is 1. The molecule has 0 spiro atoms. The summed E-state index contributed by atoms with van der Waals surface area (Å²) in [5.74, 6) is 0.281. The van der Waals surface area contributed by atoms with E-state index in [1.54, 1.807) is 0 Å². The smallest absolute Gasteiger partial charge is 0.343 e. The van der Waals surface area contributed by atoms with E-state index in [1.165, 1.54) is 7.11 Å². The zero-order valence-corrected chi connectivity index (χ0v) is 16.1. The number of esters is 1. The first-order valence-electron chi connectivity index (χ1n) is 8.61. The van der Waals surface area contributed by atoms with Gasteiger partial charge in [0.15, 0.2) is 6.61 Å². The molecule has 0 fully saturated rings. The van der Waals surface area contributed by atoms with Gasteiger partial charge in [-0.05, 0) is 50.8 Å². The maximum absolute atomic E-state index is 12.1. The highest BCUT2D eigenvalue weighted by Crippen LogP contribution is 2.25. The third kappa shape index (κ3) is 6.74. The van der Waals surface area contributed by atoms with Gasteiger partial charge in [-0.25, -0.2) is 4.79 Å². The van der Waals surface area contributed by atoms with Crippen molar-refractivity contribution in [2.45, 2.75) is 59.7 Å². The van der Waals surface area contributed by atoms with Crippen LogP contribution in [0.4, 0.5) is 0 Å². The Labute approximate surface area is 150 Å². The minimum Gasteiger partial charge on any atom is -0.481 e. The number of carbonyl (C=O) groups is 2. The molecule has 1 aromatic carbocycles. The average molecular weight is 350 g/mol. The van der Waals surface area contributed by atoms with Crippen LogP contribution in [-0.2, 0) is 20.9 Å². The second-order valence-electron chi connectivity index (χ2n) is 6.34. The van der Waals surface area contributed by atoms with E-state index in [0.717, 1.165) is 23.1 Å². The fraction of sp³-hybridized carbons (Fsp3) is 0.579. The lowest BCUT2D eigenvalue weighted by molar-refractivity contribution is -0.142. The average Bonchev–Trinajstić information content (AvgIpc) is 2.58. The second-order valence-corrected chi connectivity index (χ2v) is 6.34. The fourth-order valence-corrected chi connectivity index (χ4v) is 2.39. The fourth-order valence-electron chi connectivity index (χ4n) is 2.39. The van der Waals surface area contributed by atoms with Crippen molar-refractivity contribution in [1.82, 2.24) is 10.6 Å². The van der Waals surface area contributed by atoms with Crippen LogP contribution in [0.15, 0.2) is 12.1 Å². The van der Waals surface area contributed by atoms with Crippen LogP contribution in [0.25, 0.3) is 0 Å². The van der Waals surface area contributed by atoms with Crippen LogP contribution in [0.3, 0.4) is 0 Å². The summed E-state index contributed by atoms with van der Waals surface area (Å²) in [6.07, 6.45) is 0.907. The molecule has 25 heavy (non-hydrogen) atoms. The van der Waals surface area contributed by atoms with Crippen molar-refractivity contribution >= 4 is 11.9 Å². The minimum atomic E-state index is -0.411. The highest BCUT2D eigenvalue weighted by atomic mass is 16.6. The lowest BCUT2D eigenvalue weighted by Crippen LogP contribution is -2.45. The Kier molecular flexibility index (Phi) is 8.41. The van der Waals surface area contributed by atoms with Gasteiger partial charge in [-0.2, -0.15) is 0 Å². The molecule has 0 aliphatic heterocycles. The first-order valence-corrected chi connectivity index (χ1v) is 8.61. The summed E-state index contributed by atoms with van der Waals surface area (Å²) in [6, 6.07) is 3.88. The van der Waals surface area contributed by atoms with Crippen molar-refractivity contribution in [3.05, 3.63) is 28.8 Å². The molecule has 0 aromatic heterocycles. The third-order valence-corrected chi connectivity index (χ3v) is 4.09. The van der Waals surface area contributed by atoms with Gasteiger partial charge in [-0.3, -0.25) is 4.79 Å². The topological polar surface area (TPSA) is 76.7 Å². The largest absolute Gasteiger partial charge is 0.481 e. The van der Waals surface area contributed by atoms with Gasteiger partial charge in [0.2, 0.25) is 5.91 Å². The number of rotatable bonds is 9. The molecule has 0 radical (unpaired) electrons. The maximum Gasteiger partial charge on any atom is 0.343 e. The van der Waals surface area contributed by atoms with Gasteiger partial charge < -0.3 is 20.1 Å². The molecule has 2 N–H and O–H groups in total. The van der Waals surface area contributed by atoms with Gasteiger partial charge in [0.05, 0.1) is 13.2 Å². The Bertz CT molecular complexity index is 578. The number of amides is 1. The van der Waals surface area contributed by atoms with Gasteiger partial charge in [0, 0.05) is 12.6 Å². The van der Waals surface area contributed by atoms with E-state index in [1.807, 2.05) is 46.8 Å². The van der Waals surface area contributed by atoms with Crippen molar-refractivity contribution in [2.24, 2.45) is 0 Å². The summed E-state index contributed by atoms with van der Waals surface area (Å²) >= 11 is 0. The van der Waals surface area contributed by atoms with Crippen molar-refractivity contribution < 1.29 is 19.1 Å². The highest BCUT2D eigenvalue weighted by molar-refractivity contribution is 5.81. The number of nitrogens with one attached hydrogen (secondary N) is 2. The van der Waals surface area contributed by atoms with Gasteiger partial charge >= 0.3 is 5.97 Å². The zero-order chi connectivity index (χ0) is 19.0. The first-order chi connectivity index (χ1) is 11.8. The minimum absolute atomic E-state index is 0.000764. The number of hydrogen-bond acceptors (Lipinski definition) is 5. The molecule has 0 aliphatic rings. The van der Waals surface area contributed by atoms with Crippen LogP contribution in [0, 0.1) is 13.8 Å². The van der Waals surface area contributed by atoms with Crippen LogP contribution < -0.4 is 15.4 Å². The van der Waals surface area contributed by atoms with Gasteiger partial charge in [0.25, 0.3) is 0 Å². The number of hydrogen-bond donors (Lipinski definition) is 2. The Morgan fingerprint density at radius 1 is 1.16 bits per heavy atom. The predicted molar refractivity (Wildman–Crippen MR) is 97.6 cm³/mol. The Morgan fingerprint density at radius 2 is 1.76 bits per heavy atom. The number of ether oxygens (including phenoxy) is 2. The molecule has 140 valence electrons. The third-order valence-electron chi connectivity index (χ3n) is 4.09. The van der Waals surface area contributed by atoms with Crippen LogP contribution >= 0.6 is 0 Å². The van der Waals surface area contributed by atoms with Crippen LogP contribution in [-0.4, -0.2) is 37.7 Å². The molecule has 2 unspecified atom stereocenters. The monoisotopic (exact) mass is 350 g/mol. The SMILES string of the molecule is CCC(C)NC(=O)C(C)NCc1cc(C)c(OCC(=O)OC)c(C)c1. The Morgan fingerprint density at radius 3 is 2.28 bits per heavy atom. The molecule has 1 aromatic rings. The number of methoxy groups -OCH3 is 1. The predicted octanol–water partition coefficient (Wildman–Crippen LogP) is 2.25. The van der Waals surface area contributed by atoms with E-state index in [2.05, 4.69) is 15.4 Å². The first kappa shape index (κ1) is 21.0. The van der Waals surface area contributed by atoms with Crippen LogP contribution in [0.2, 0.25) is 0 Å². The summed E-state index contributed by atoms with van der Waals surface area (Å²) in [5, 5.41) is 6.20. The second kappa shape index (κ2) is 10.0. The molecule has 6 heteroatoms. The zero-order valence-electron chi connectivity index (χ0n) is 16.1. The van der Waals surface area contributed by atoms with Gasteiger partial charge in [-0.1, -0.05) is 19.1 Å². The molecule has 6 nitrogen and oxygen atoms in total. The molecule has 1 amide bonds. The normalized spacial score (nSPS) is 13.0. The molecule has 0 bridgehead atoms. The molecule has 0 aliphatic carbocycles. The van der Waals surface area contributed by atoms with Crippen LogP contribution in [0.5, 0.6) is 5.75 Å². The van der Waals surface area contributed by atoms with Crippen molar-refractivity contribution in [3.8, 4) is 5.75 Å². The summed E-state index contributed by atoms with van der Waals surface area (Å²) in [4.78, 5) is 23.3. The molecule has 0 saturated heterocycles. The molecule has 2 atom stereocenters. The standard InChI is InChI=1S/C19H30N2O4/c1-7-14(4)21-19(23)15(5)20-10-16-8-12(2)18(13(3)9-16)25-11-17(22)24-6/h8-9,14-15,20H,7,10-11H2,1-6H3,(H,21,23). The lowest BCUT2D eigenvalue weighted by atomic mass is 10.1. The summed E-state index contributed by atoms with van der Waals surface area (Å²) < 4.78 is 10.1. The van der Waals surface area contributed by atoms with Crippen molar-refractivity contribution in [1.29, 1.82) is 0 Å². The molecule has 1 rings (SSSR count). The van der Waals surface area contributed by atoms with Crippen molar-refractivity contribution in [2.75, 3.05) is 13.7 Å².